The minimum absolute atomic E-state index is 0.00247. The summed E-state index contributed by atoms with van der Waals surface area (Å²) in [6, 6.07) is 5.20. The summed E-state index contributed by atoms with van der Waals surface area (Å²) in [7, 11) is 0. The number of benzene rings is 1. The third kappa shape index (κ3) is 4.36. The summed E-state index contributed by atoms with van der Waals surface area (Å²) in [5, 5.41) is 2.79. The average Bonchev–Trinajstić information content (AvgIpc) is 2.29. The van der Waals surface area contributed by atoms with Gasteiger partial charge in [0.2, 0.25) is 0 Å². The summed E-state index contributed by atoms with van der Waals surface area (Å²) in [4.78, 5) is 11.9. The van der Waals surface area contributed by atoms with Crippen LogP contribution >= 0.6 is 15.9 Å². The van der Waals surface area contributed by atoms with Crippen LogP contribution in [0.2, 0.25) is 0 Å². The molecule has 0 radical (unpaired) electrons. The molecular weight excluding hydrogens is 284 g/mol. The van der Waals surface area contributed by atoms with Gasteiger partial charge in [0.05, 0.1) is 11.7 Å². The molecule has 5 heteroatoms. The van der Waals surface area contributed by atoms with Gasteiger partial charge in [-0.15, -0.1) is 0 Å². The third-order valence-corrected chi connectivity index (χ3v) is 2.75. The first kappa shape index (κ1) is 14.0. The molecule has 3 N–H and O–H groups in total. The van der Waals surface area contributed by atoms with Gasteiger partial charge in [-0.2, -0.15) is 0 Å². The van der Waals surface area contributed by atoms with Crippen molar-refractivity contribution >= 4 is 27.5 Å². The largest absolute Gasteiger partial charge is 0.398 e. The van der Waals surface area contributed by atoms with Gasteiger partial charge in [0.15, 0.2) is 0 Å². The predicted octanol–water partition coefficient (Wildman–Crippen LogP) is 2.19. The molecule has 1 rings (SSSR count). The molecule has 0 bridgehead atoms. The van der Waals surface area contributed by atoms with E-state index < -0.39 is 0 Å². The van der Waals surface area contributed by atoms with Crippen molar-refractivity contribution in [2.24, 2.45) is 0 Å². The van der Waals surface area contributed by atoms with Gasteiger partial charge in [-0.25, -0.2) is 0 Å². The predicted molar refractivity (Wildman–Crippen MR) is 72.0 cm³/mol. The minimum atomic E-state index is -0.185. The zero-order chi connectivity index (χ0) is 12.8. The average molecular weight is 301 g/mol. The van der Waals surface area contributed by atoms with Crippen molar-refractivity contribution in [2.75, 3.05) is 18.9 Å². The van der Waals surface area contributed by atoms with E-state index in [-0.39, 0.29) is 12.0 Å². The van der Waals surface area contributed by atoms with Crippen LogP contribution in [-0.2, 0) is 4.74 Å². The van der Waals surface area contributed by atoms with Crippen LogP contribution in [0.15, 0.2) is 22.7 Å². The lowest BCUT2D eigenvalue weighted by Gasteiger charge is -2.13. The van der Waals surface area contributed by atoms with E-state index in [1.165, 1.54) is 0 Å². The second-order valence-electron chi connectivity index (χ2n) is 3.71. The number of anilines is 1. The summed E-state index contributed by atoms with van der Waals surface area (Å²) >= 11 is 3.31. The molecular formula is C12H17BrN2O2. The maximum Gasteiger partial charge on any atom is 0.253 e. The number of nitrogens with two attached hydrogens (primary N) is 1. The fraction of sp³-hybridized carbons (Fsp3) is 0.417. The first-order valence-electron chi connectivity index (χ1n) is 5.49. The number of halogens is 1. The number of amides is 1. The monoisotopic (exact) mass is 300 g/mol. The SMILES string of the molecule is CCOC(C)CNC(=O)c1cc(Br)ccc1N. The Labute approximate surface area is 110 Å². The van der Waals surface area contributed by atoms with Gasteiger partial charge in [-0.05, 0) is 32.0 Å². The summed E-state index contributed by atoms with van der Waals surface area (Å²) < 4.78 is 6.16. The molecule has 0 fully saturated rings. The number of nitrogen functional groups attached to an aromatic ring is 1. The molecule has 0 aromatic heterocycles. The molecule has 0 spiro atoms. The highest BCUT2D eigenvalue weighted by Crippen LogP contribution is 2.18. The highest BCUT2D eigenvalue weighted by atomic mass is 79.9. The van der Waals surface area contributed by atoms with Crippen LogP contribution in [0.3, 0.4) is 0 Å². The fourth-order valence-electron chi connectivity index (χ4n) is 1.40. The van der Waals surface area contributed by atoms with E-state index in [1.807, 2.05) is 13.8 Å². The Morgan fingerprint density at radius 3 is 2.94 bits per heavy atom. The summed E-state index contributed by atoms with van der Waals surface area (Å²) in [6.07, 6.45) is -0.00247. The Bertz CT molecular complexity index is 396. The molecule has 1 amide bonds. The molecule has 0 saturated heterocycles. The lowest BCUT2D eigenvalue weighted by molar-refractivity contribution is 0.0695. The van der Waals surface area contributed by atoms with Gasteiger partial charge in [-0.1, -0.05) is 15.9 Å². The number of carbonyl (C=O) groups is 1. The Morgan fingerprint density at radius 2 is 2.29 bits per heavy atom. The highest BCUT2D eigenvalue weighted by Gasteiger charge is 2.11. The van der Waals surface area contributed by atoms with E-state index in [0.29, 0.717) is 24.4 Å². The van der Waals surface area contributed by atoms with Crippen LogP contribution in [-0.4, -0.2) is 25.2 Å². The van der Waals surface area contributed by atoms with Gasteiger partial charge in [-0.3, -0.25) is 4.79 Å². The van der Waals surface area contributed by atoms with Crippen molar-refractivity contribution in [1.82, 2.24) is 5.32 Å². The van der Waals surface area contributed by atoms with Crippen molar-refractivity contribution in [3.05, 3.63) is 28.2 Å². The fourth-order valence-corrected chi connectivity index (χ4v) is 1.76. The van der Waals surface area contributed by atoms with Gasteiger partial charge < -0.3 is 15.8 Å². The number of carbonyl (C=O) groups excluding carboxylic acids is 1. The molecule has 0 aliphatic carbocycles. The second-order valence-corrected chi connectivity index (χ2v) is 4.62. The Hall–Kier alpha value is -1.07. The molecule has 94 valence electrons. The molecule has 0 aliphatic rings. The maximum atomic E-state index is 11.9. The van der Waals surface area contributed by atoms with E-state index in [4.69, 9.17) is 10.5 Å². The van der Waals surface area contributed by atoms with E-state index >= 15 is 0 Å². The van der Waals surface area contributed by atoms with Gasteiger partial charge in [0, 0.05) is 23.3 Å². The minimum Gasteiger partial charge on any atom is -0.398 e. The smallest absolute Gasteiger partial charge is 0.253 e. The number of hydrogen-bond acceptors (Lipinski definition) is 3. The molecule has 1 aromatic rings. The molecule has 1 unspecified atom stereocenters. The number of hydrogen-bond donors (Lipinski definition) is 2. The number of rotatable bonds is 5. The summed E-state index contributed by atoms with van der Waals surface area (Å²) in [6.45, 7) is 4.94. The first-order chi connectivity index (χ1) is 8.04. The van der Waals surface area contributed by atoms with Crippen LogP contribution in [0.4, 0.5) is 5.69 Å². The molecule has 0 aliphatic heterocycles. The van der Waals surface area contributed by atoms with Crippen molar-refractivity contribution in [3.63, 3.8) is 0 Å². The van der Waals surface area contributed by atoms with Crippen molar-refractivity contribution in [1.29, 1.82) is 0 Å². The van der Waals surface area contributed by atoms with Gasteiger partial charge in [0.25, 0.3) is 5.91 Å². The van der Waals surface area contributed by atoms with Crippen molar-refractivity contribution < 1.29 is 9.53 Å². The Morgan fingerprint density at radius 1 is 1.59 bits per heavy atom. The van der Waals surface area contributed by atoms with Crippen LogP contribution in [0.1, 0.15) is 24.2 Å². The summed E-state index contributed by atoms with van der Waals surface area (Å²) in [5.74, 6) is -0.185. The summed E-state index contributed by atoms with van der Waals surface area (Å²) in [5.41, 5.74) is 6.68. The van der Waals surface area contributed by atoms with E-state index in [0.717, 1.165) is 4.47 Å². The molecule has 17 heavy (non-hydrogen) atoms. The number of ether oxygens (including phenoxy) is 1. The van der Waals surface area contributed by atoms with Gasteiger partial charge in [0.1, 0.15) is 0 Å². The molecule has 1 atom stereocenters. The second kappa shape index (κ2) is 6.61. The van der Waals surface area contributed by atoms with Crippen LogP contribution in [0.25, 0.3) is 0 Å². The lowest BCUT2D eigenvalue weighted by atomic mass is 10.1. The molecule has 0 saturated carbocycles. The lowest BCUT2D eigenvalue weighted by Crippen LogP contribution is -2.32. The van der Waals surface area contributed by atoms with Gasteiger partial charge >= 0.3 is 0 Å². The standard InChI is InChI=1S/C12H17BrN2O2/c1-3-17-8(2)7-15-12(16)10-6-9(13)4-5-11(10)14/h4-6,8H,3,7,14H2,1-2H3,(H,15,16). The topological polar surface area (TPSA) is 64.3 Å². The van der Waals surface area contributed by atoms with Crippen molar-refractivity contribution in [2.45, 2.75) is 20.0 Å². The van der Waals surface area contributed by atoms with Crippen LogP contribution in [0, 0.1) is 0 Å². The zero-order valence-electron chi connectivity index (χ0n) is 10.00. The van der Waals surface area contributed by atoms with Crippen LogP contribution in [0.5, 0.6) is 0 Å². The highest BCUT2D eigenvalue weighted by molar-refractivity contribution is 9.10. The Balaban J connectivity index is 2.61. The van der Waals surface area contributed by atoms with E-state index in [9.17, 15) is 4.79 Å². The number of nitrogens with one attached hydrogen (secondary N) is 1. The van der Waals surface area contributed by atoms with E-state index in [2.05, 4.69) is 21.2 Å². The quantitative estimate of drug-likeness (QED) is 0.819. The first-order valence-corrected chi connectivity index (χ1v) is 6.28. The maximum absolute atomic E-state index is 11.9. The van der Waals surface area contributed by atoms with E-state index in [1.54, 1.807) is 18.2 Å². The van der Waals surface area contributed by atoms with Crippen molar-refractivity contribution in [3.8, 4) is 0 Å². The zero-order valence-corrected chi connectivity index (χ0v) is 11.6. The third-order valence-electron chi connectivity index (χ3n) is 2.26. The Kier molecular flexibility index (Phi) is 5.44. The molecule has 4 nitrogen and oxygen atoms in total. The molecule has 1 aromatic carbocycles. The normalized spacial score (nSPS) is 12.2. The molecule has 0 heterocycles. The van der Waals surface area contributed by atoms with Crippen LogP contribution < -0.4 is 11.1 Å².